The summed E-state index contributed by atoms with van der Waals surface area (Å²) in [5.41, 5.74) is 3.45. The number of hydrogen-bond donors (Lipinski definition) is 0. The van der Waals surface area contributed by atoms with Crippen molar-refractivity contribution in [3.8, 4) is 5.13 Å². The van der Waals surface area contributed by atoms with E-state index in [-0.39, 0.29) is 17.5 Å². The third kappa shape index (κ3) is 2.45. The van der Waals surface area contributed by atoms with Crippen LogP contribution in [0, 0.1) is 5.82 Å². The van der Waals surface area contributed by atoms with E-state index in [2.05, 4.69) is 10.1 Å². The Morgan fingerprint density at radius 1 is 1.08 bits per heavy atom. The molecule has 4 nitrogen and oxygen atoms in total. The number of thiazole rings is 1. The van der Waals surface area contributed by atoms with Gasteiger partial charge in [-0.3, -0.25) is 4.79 Å². The minimum Gasteiger partial charge on any atom is -0.294 e. The van der Waals surface area contributed by atoms with Crippen LogP contribution in [0.15, 0.2) is 54.7 Å². The van der Waals surface area contributed by atoms with Gasteiger partial charge in [0.2, 0.25) is 5.13 Å². The Labute approximate surface area is 152 Å². The van der Waals surface area contributed by atoms with Crippen LogP contribution in [0.25, 0.3) is 15.3 Å². The Bertz CT molecular complexity index is 1100. The Morgan fingerprint density at radius 2 is 1.88 bits per heavy atom. The van der Waals surface area contributed by atoms with Crippen molar-refractivity contribution in [2.75, 3.05) is 0 Å². The van der Waals surface area contributed by atoms with Gasteiger partial charge in [0.25, 0.3) is 0 Å². The molecule has 2 aromatic heterocycles. The lowest BCUT2D eigenvalue weighted by Gasteiger charge is -2.22. The van der Waals surface area contributed by atoms with Crippen molar-refractivity contribution < 1.29 is 9.18 Å². The number of halogens is 1. The number of fused-ring (bicyclic) bond motifs is 2. The van der Waals surface area contributed by atoms with Gasteiger partial charge in [0.05, 0.1) is 27.7 Å². The van der Waals surface area contributed by atoms with Gasteiger partial charge in [-0.1, -0.05) is 35.6 Å². The number of benzene rings is 2. The summed E-state index contributed by atoms with van der Waals surface area (Å²) in [4.78, 5) is 17.3. The van der Waals surface area contributed by atoms with Crippen molar-refractivity contribution in [2.45, 2.75) is 18.8 Å². The minimum absolute atomic E-state index is 0.0282. The molecule has 0 aliphatic heterocycles. The summed E-state index contributed by atoms with van der Waals surface area (Å²) in [6, 6.07) is 14.3. The molecule has 0 radical (unpaired) electrons. The number of Topliss-reactive ketones (excluding diaryl/α,β-unsaturated/α-hetero) is 1. The summed E-state index contributed by atoms with van der Waals surface area (Å²) in [7, 11) is 0. The van der Waals surface area contributed by atoms with Gasteiger partial charge in [0.1, 0.15) is 5.82 Å². The number of carbonyl (C=O) groups is 1. The lowest BCUT2D eigenvalue weighted by Crippen LogP contribution is -2.20. The molecule has 0 bridgehead atoms. The molecule has 2 heterocycles. The highest BCUT2D eigenvalue weighted by atomic mass is 32.1. The second kappa shape index (κ2) is 5.85. The summed E-state index contributed by atoms with van der Waals surface area (Å²) in [5, 5.41) is 5.20. The normalized spacial score (nSPS) is 16.8. The van der Waals surface area contributed by atoms with Crippen LogP contribution in [-0.4, -0.2) is 20.5 Å². The van der Waals surface area contributed by atoms with Gasteiger partial charge in [0.15, 0.2) is 5.78 Å². The Kier molecular flexibility index (Phi) is 3.46. The van der Waals surface area contributed by atoms with Crippen molar-refractivity contribution in [1.29, 1.82) is 0 Å². The van der Waals surface area contributed by atoms with E-state index in [1.54, 1.807) is 34.3 Å². The molecule has 0 amide bonds. The zero-order chi connectivity index (χ0) is 17.7. The molecular formula is C20H14FN3OS. The average Bonchev–Trinajstić information content (AvgIpc) is 3.26. The number of hydrogen-bond acceptors (Lipinski definition) is 4. The van der Waals surface area contributed by atoms with E-state index in [1.807, 2.05) is 24.3 Å². The second-order valence-electron chi connectivity index (χ2n) is 6.46. The zero-order valence-corrected chi connectivity index (χ0v) is 14.5. The smallest absolute Gasteiger partial charge is 0.211 e. The number of aromatic nitrogens is 3. The van der Waals surface area contributed by atoms with Crippen LogP contribution in [0.3, 0.4) is 0 Å². The van der Waals surface area contributed by atoms with Crippen LogP contribution in [0.1, 0.15) is 34.0 Å². The first-order valence-electron chi connectivity index (χ1n) is 8.40. The highest BCUT2D eigenvalue weighted by Gasteiger charge is 2.30. The van der Waals surface area contributed by atoms with Crippen molar-refractivity contribution in [1.82, 2.24) is 14.8 Å². The monoisotopic (exact) mass is 363 g/mol. The summed E-state index contributed by atoms with van der Waals surface area (Å²) in [5.74, 6) is -0.163. The van der Waals surface area contributed by atoms with E-state index < -0.39 is 0 Å². The summed E-state index contributed by atoms with van der Waals surface area (Å²) in [6.07, 6.45) is 2.75. The Balaban J connectivity index is 1.57. The van der Waals surface area contributed by atoms with E-state index in [9.17, 15) is 9.18 Å². The van der Waals surface area contributed by atoms with E-state index in [0.29, 0.717) is 18.4 Å². The molecule has 0 unspecified atom stereocenters. The fourth-order valence-electron chi connectivity index (χ4n) is 3.53. The number of nitrogens with zero attached hydrogens (tertiary/aromatic N) is 3. The SMILES string of the molecule is O=C1C[C@@H](c2ccc(F)cc2)Cc2c1cnn2-c1nc2ccccc2s1. The van der Waals surface area contributed by atoms with Gasteiger partial charge in [0, 0.05) is 6.42 Å². The van der Waals surface area contributed by atoms with E-state index >= 15 is 0 Å². The molecule has 1 atom stereocenters. The first-order chi connectivity index (χ1) is 12.7. The van der Waals surface area contributed by atoms with Crippen LogP contribution in [0.2, 0.25) is 0 Å². The highest BCUT2D eigenvalue weighted by Crippen LogP contribution is 2.35. The van der Waals surface area contributed by atoms with Gasteiger partial charge < -0.3 is 0 Å². The van der Waals surface area contributed by atoms with Gasteiger partial charge >= 0.3 is 0 Å². The van der Waals surface area contributed by atoms with Gasteiger partial charge in [-0.15, -0.1) is 0 Å². The van der Waals surface area contributed by atoms with Crippen molar-refractivity contribution in [3.05, 3.63) is 77.4 Å². The van der Waals surface area contributed by atoms with Crippen molar-refractivity contribution >= 4 is 27.3 Å². The minimum atomic E-state index is -0.268. The molecule has 0 saturated carbocycles. The molecule has 26 heavy (non-hydrogen) atoms. The summed E-state index contributed by atoms with van der Waals surface area (Å²) < 4.78 is 16.1. The summed E-state index contributed by atoms with van der Waals surface area (Å²) in [6.45, 7) is 0. The second-order valence-corrected chi connectivity index (χ2v) is 7.47. The van der Waals surface area contributed by atoms with Crippen molar-refractivity contribution in [2.24, 2.45) is 0 Å². The third-order valence-electron chi connectivity index (χ3n) is 4.85. The lowest BCUT2D eigenvalue weighted by molar-refractivity contribution is 0.0964. The number of rotatable bonds is 2. The van der Waals surface area contributed by atoms with Crippen LogP contribution >= 0.6 is 11.3 Å². The maximum atomic E-state index is 13.2. The van der Waals surface area contributed by atoms with Gasteiger partial charge in [-0.2, -0.15) is 5.10 Å². The average molecular weight is 363 g/mol. The quantitative estimate of drug-likeness (QED) is 0.525. The molecule has 0 N–H and O–H groups in total. The predicted molar refractivity (Wildman–Crippen MR) is 98.5 cm³/mol. The molecule has 1 aliphatic carbocycles. The molecule has 0 spiro atoms. The van der Waals surface area contributed by atoms with Crippen LogP contribution in [0.5, 0.6) is 0 Å². The molecule has 5 rings (SSSR count). The first kappa shape index (κ1) is 15.4. The molecule has 2 aromatic carbocycles. The van der Waals surface area contributed by atoms with E-state index in [0.717, 1.165) is 26.6 Å². The molecular weight excluding hydrogens is 349 g/mol. The fraction of sp³-hybridized carbons (Fsp3) is 0.150. The van der Waals surface area contributed by atoms with Gasteiger partial charge in [-0.05, 0) is 42.2 Å². The molecule has 4 aromatic rings. The number of ketones is 1. The van der Waals surface area contributed by atoms with E-state index in [4.69, 9.17) is 0 Å². The topological polar surface area (TPSA) is 47.8 Å². The maximum Gasteiger partial charge on any atom is 0.211 e. The van der Waals surface area contributed by atoms with Gasteiger partial charge in [-0.25, -0.2) is 14.1 Å². The Hall–Kier alpha value is -2.86. The van der Waals surface area contributed by atoms with Crippen molar-refractivity contribution in [3.63, 3.8) is 0 Å². The Morgan fingerprint density at radius 3 is 2.69 bits per heavy atom. The highest BCUT2D eigenvalue weighted by molar-refractivity contribution is 7.20. The van der Waals surface area contributed by atoms with Crippen LogP contribution in [0.4, 0.5) is 4.39 Å². The lowest BCUT2D eigenvalue weighted by atomic mass is 9.82. The molecule has 1 aliphatic rings. The van der Waals surface area contributed by atoms with E-state index in [1.165, 1.54) is 12.1 Å². The third-order valence-corrected chi connectivity index (χ3v) is 5.86. The largest absolute Gasteiger partial charge is 0.294 e. The molecule has 0 saturated heterocycles. The molecule has 0 fully saturated rings. The van der Waals surface area contributed by atoms with Crippen LogP contribution < -0.4 is 0 Å². The number of para-hydroxylation sites is 1. The molecule has 128 valence electrons. The summed E-state index contributed by atoms with van der Waals surface area (Å²) >= 11 is 1.56. The number of carbonyl (C=O) groups excluding carboxylic acids is 1. The standard InChI is InChI=1S/C20H14FN3OS/c21-14-7-5-12(6-8-14)13-9-17-15(18(25)10-13)11-22-24(17)20-23-16-3-1-2-4-19(16)26-20/h1-8,11,13H,9-10H2/t13-/m0/s1. The zero-order valence-electron chi connectivity index (χ0n) is 13.7. The first-order valence-corrected chi connectivity index (χ1v) is 9.22. The fourth-order valence-corrected chi connectivity index (χ4v) is 4.48. The van der Waals surface area contributed by atoms with Crippen LogP contribution in [-0.2, 0) is 6.42 Å². The predicted octanol–water partition coefficient (Wildman–Crippen LogP) is 4.53. The maximum absolute atomic E-state index is 13.2. The molecule has 6 heteroatoms.